The largest absolute Gasteiger partial charge is 0.458 e. The zero-order valence-electron chi connectivity index (χ0n) is 17.3. The number of ether oxygens (including phenoxy) is 3. The summed E-state index contributed by atoms with van der Waals surface area (Å²) < 4.78 is 22.3. The van der Waals surface area contributed by atoms with E-state index < -0.39 is 17.3 Å². The Balaban J connectivity index is 2.49. The number of aliphatic hydroxyl groups excluding tert-OH is 1. The fourth-order valence-corrected chi connectivity index (χ4v) is 2.38. The summed E-state index contributed by atoms with van der Waals surface area (Å²) in [4.78, 5) is 16.8. The quantitative estimate of drug-likeness (QED) is 0.441. The van der Waals surface area contributed by atoms with Gasteiger partial charge in [0.15, 0.2) is 5.78 Å². The molecule has 0 aliphatic carbocycles. The van der Waals surface area contributed by atoms with Crippen LogP contribution in [0.3, 0.4) is 0 Å². The predicted octanol–water partition coefficient (Wildman–Crippen LogP) is 2.78. The summed E-state index contributed by atoms with van der Waals surface area (Å²) in [5, 5.41) is 8.61. The van der Waals surface area contributed by atoms with Crippen LogP contribution >= 0.6 is 0 Å². The molecule has 0 amide bonds. The lowest BCUT2D eigenvalue weighted by Crippen LogP contribution is -2.44. The third kappa shape index (κ3) is 9.28. The van der Waals surface area contributed by atoms with Gasteiger partial charge in [-0.1, -0.05) is 0 Å². The summed E-state index contributed by atoms with van der Waals surface area (Å²) in [6.45, 7) is 12.4. The van der Waals surface area contributed by atoms with E-state index in [1.807, 2.05) is 20.8 Å². The van der Waals surface area contributed by atoms with E-state index in [1.165, 1.54) is 0 Å². The van der Waals surface area contributed by atoms with Gasteiger partial charge in [0.2, 0.25) is 0 Å². The first kappa shape index (κ1) is 23.5. The molecule has 0 aromatic carbocycles. The van der Waals surface area contributed by atoms with Gasteiger partial charge in [-0.15, -0.1) is 0 Å². The molecule has 1 rings (SSSR count). The van der Waals surface area contributed by atoms with Gasteiger partial charge in [-0.25, -0.2) is 0 Å². The molecular formula is C20H33NO6. The van der Waals surface area contributed by atoms with Gasteiger partial charge >= 0.3 is 0 Å². The van der Waals surface area contributed by atoms with Crippen molar-refractivity contribution in [3.05, 3.63) is 23.7 Å². The van der Waals surface area contributed by atoms with E-state index in [-0.39, 0.29) is 19.0 Å². The van der Waals surface area contributed by atoms with Crippen LogP contribution in [-0.2, 0) is 25.6 Å². The van der Waals surface area contributed by atoms with Crippen molar-refractivity contribution < 1.29 is 28.5 Å². The number of carbonyl (C=O) groups excluding carboxylic acids is 1. The summed E-state index contributed by atoms with van der Waals surface area (Å²) in [5.74, 6) is 1.09. The summed E-state index contributed by atoms with van der Waals surface area (Å²) in [7, 11) is 0. The van der Waals surface area contributed by atoms with E-state index in [1.54, 1.807) is 39.1 Å². The molecule has 1 atom stereocenters. The maximum absolute atomic E-state index is 12.6. The van der Waals surface area contributed by atoms with Crippen LogP contribution in [0.15, 0.2) is 21.5 Å². The number of carbonyl (C=O) groups is 1. The lowest BCUT2D eigenvalue weighted by Gasteiger charge is -2.30. The van der Waals surface area contributed by atoms with Gasteiger partial charge in [0.1, 0.15) is 29.8 Å². The zero-order chi connectivity index (χ0) is 20.5. The average molecular weight is 383 g/mol. The number of aliphatic imine (C=N–C) groups is 1. The Morgan fingerprint density at radius 3 is 2.59 bits per heavy atom. The molecule has 0 saturated carbocycles. The lowest BCUT2D eigenvalue weighted by atomic mass is 9.98. The number of Topliss-reactive ketones (excluding diaryl/α,β-unsaturated/α-hetero) is 1. The van der Waals surface area contributed by atoms with Crippen molar-refractivity contribution in [2.75, 3.05) is 26.4 Å². The molecule has 0 saturated heterocycles. The Morgan fingerprint density at radius 2 is 1.96 bits per heavy atom. The molecule has 1 aromatic heterocycles. The van der Waals surface area contributed by atoms with E-state index in [0.717, 1.165) is 0 Å². The van der Waals surface area contributed by atoms with Crippen molar-refractivity contribution in [1.29, 1.82) is 0 Å². The molecule has 1 heterocycles. The van der Waals surface area contributed by atoms with Crippen molar-refractivity contribution in [2.24, 2.45) is 4.99 Å². The van der Waals surface area contributed by atoms with E-state index >= 15 is 0 Å². The molecule has 7 heteroatoms. The molecule has 27 heavy (non-hydrogen) atoms. The normalized spacial score (nSPS) is 14.0. The summed E-state index contributed by atoms with van der Waals surface area (Å²) in [6, 6.07) is 3.58. The standard InChI is InChI=1S/C20H33NO6/c1-15(27-19(2,3)4)18(23)20(5,6)25-14-17-8-7-16(26-17)13-21-9-11-24-12-10-22/h7-8,13,15,22H,9-12,14H2,1-6H3/b21-13+. The molecule has 0 radical (unpaired) electrons. The summed E-state index contributed by atoms with van der Waals surface area (Å²) in [5.41, 5.74) is -1.39. The minimum Gasteiger partial charge on any atom is -0.458 e. The van der Waals surface area contributed by atoms with Gasteiger partial charge < -0.3 is 23.7 Å². The number of aliphatic hydroxyl groups is 1. The Bertz CT molecular complexity index is 600. The first-order valence-corrected chi connectivity index (χ1v) is 9.18. The van der Waals surface area contributed by atoms with Crippen molar-refractivity contribution in [2.45, 2.75) is 65.5 Å². The summed E-state index contributed by atoms with van der Waals surface area (Å²) in [6.07, 6.45) is 1.05. The zero-order valence-corrected chi connectivity index (χ0v) is 17.3. The maximum atomic E-state index is 12.6. The minimum absolute atomic E-state index is 0.00518. The fourth-order valence-electron chi connectivity index (χ4n) is 2.38. The van der Waals surface area contributed by atoms with Crippen LogP contribution in [0.1, 0.15) is 53.1 Å². The van der Waals surface area contributed by atoms with Crippen LogP contribution in [0, 0.1) is 0 Å². The third-order valence-electron chi connectivity index (χ3n) is 3.57. The second-order valence-corrected chi connectivity index (χ2v) is 7.71. The third-order valence-corrected chi connectivity index (χ3v) is 3.57. The predicted molar refractivity (Wildman–Crippen MR) is 103 cm³/mol. The molecule has 7 nitrogen and oxygen atoms in total. The number of hydrogen-bond acceptors (Lipinski definition) is 7. The van der Waals surface area contributed by atoms with E-state index in [4.69, 9.17) is 23.7 Å². The number of hydrogen-bond donors (Lipinski definition) is 1. The van der Waals surface area contributed by atoms with Gasteiger partial charge in [0.25, 0.3) is 0 Å². The van der Waals surface area contributed by atoms with Crippen molar-refractivity contribution >= 4 is 12.0 Å². The van der Waals surface area contributed by atoms with E-state index in [0.29, 0.717) is 31.3 Å². The highest BCUT2D eigenvalue weighted by atomic mass is 16.5. The second kappa shape index (κ2) is 10.7. The first-order chi connectivity index (χ1) is 12.5. The second-order valence-electron chi connectivity index (χ2n) is 7.71. The van der Waals surface area contributed by atoms with Crippen LogP contribution in [0.4, 0.5) is 0 Å². The van der Waals surface area contributed by atoms with Gasteiger partial charge in [0.05, 0.1) is 38.2 Å². The molecule has 0 fully saturated rings. The van der Waals surface area contributed by atoms with Crippen LogP contribution in [0.25, 0.3) is 0 Å². The fraction of sp³-hybridized carbons (Fsp3) is 0.700. The van der Waals surface area contributed by atoms with Crippen molar-refractivity contribution in [3.63, 3.8) is 0 Å². The number of ketones is 1. The Morgan fingerprint density at radius 1 is 1.26 bits per heavy atom. The van der Waals surface area contributed by atoms with Gasteiger partial charge in [0, 0.05) is 0 Å². The smallest absolute Gasteiger partial charge is 0.192 e. The summed E-state index contributed by atoms with van der Waals surface area (Å²) >= 11 is 0. The van der Waals surface area contributed by atoms with Crippen LogP contribution in [0.5, 0.6) is 0 Å². The molecule has 1 aromatic rings. The van der Waals surface area contributed by atoms with Crippen LogP contribution in [0.2, 0.25) is 0 Å². The Labute approximate surface area is 161 Å². The lowest BCUT2D eigenvalue weighted by molar-refractivity contribution is -0.161. The molecular weight excluding hydrogens is 350 g/mol. The molecule has 0 aliphatic rings. The Hall–Kier alpha value is -1.54. The SMILES string of the molecule is CC(OC(C)(C)C)C(=O)C(C)(C)OCc1ccc(/C=N/CCOCCO)o1. The molecule has 0 bridgehead atoms. The van der Waals surface area contributed by atoms with Crippen LogP contribution < -0.4 is 0 Å². The Kier molecular flexibility index (Phi) is 9.32. The van der Waals surface area contributed by atoms with Gasteiger partial charge in [-0.05, 0) is 53.7 Å². The first-order valence-electron chi connectivity index (χ1n) is 9.18. The molecule has 154 valence electrons. The number of nitrogens with zero attached hydrogens (tertiary/aromatic N) is 1. The molecule has 1 unspecified atom stereocenters. The van der Waals surface area contributed by atoms with Gasteiger partial charge in [-0.3, -0.25) is 9.79 Å². The van der Waals surface area contributed by atoms with Crippen LogP contribution in [-0.4, -0.2) is 60.8 Å². The van der Waals surface area contributed by atoms with Gasteiger partial charge in [-0.2, -0.15) is 0 Å². The highest BCUT2D eigenvalue weighted by Gasteiger charge is 2.35. The molecule has 0 spiro atoms. The van der Waals surface area contributed by atoms with E-state index in [9.17, 15) is 4.79 Å². The maximum Gasteiger partial charge on any atom is 0.192 e. The number of rotatable bonds is 12. The number of furan rings is 1. The highest BCUT2D eigenvalue weighted by Crippen LogP contribution is 2.21. The molecule has 1 N–H and O–H groups in total. The average Bonchev–Trinajstić information content (AvgIpc) is 3.02. The van der Waals surface area contributed by atoms with E-state index in [2.05, 4.69) is 4.99 Å². The van der Waals surface area contributed by atoms with Crippen molar-refractivity contribution in [3.8, 4) is 0 Å². The topological polar surface area (TPSA) is 90.5 Å². The molecule has 0 aliphatic heterocycles. The minimum atomic E-state index is -0.990. The van der Waals surface area contributed by atoms with Crippen molar-refractivity contribution in [1.82, 2.24) is 0 Å². The highest BCUT2D eigenvalue weighted by molar-refractivity contribution is 5.90. The monoisotopic (exact) mass is 383 g/mol.